The van der Waals surface area contributed by atoms with E-state index in [0.29, 0.717) is 12.5 Å². The quantitative estimate of drug-likeness (QED) is 0.732. The van der Waals surface area contributed by atoms with E-state index in [4.69, 9.17) is 4.74 Å². The summed E-state index contributed by atoms with van der Waals surface area (Å²) in [6.07, 6.45) is 0. The smallest absolute Gasteiger partial charge is 0.221 e. The molecule has 0 aliphatic carbocycles. The minimum absolute atomic E-state index is 0.0576. The van der Waals surface area contributed by atoms with Crippen LogP contribution in [0.25, 0.3) is 0 Å². The topological polar surface area (TPSA) is 50.4 Å². The average Bonchev–Trinajstić information content (AvgIpc) is 2.30. The first-order chi connectivity index (χ1) is 8.58. The molecule has 0 atom stereocenters. The molecular weight excluding hydrogens is 228 g/mol. The van der Waals surface area contributed by atoms with E-state index in [0.717, 1.165) is 24.5 Å². The van der Waals surface area contributed by atoms with Gasteiger partial charge < -0.3 is 15.4 Å². The van der Waals surface area contributed by atoms with Gasteiger partial charge in [-0.3, -0.25) is 4.79 Å². The first kappa shape index (κ1) is 14.5. The lowest BCUT2D eigenvalue weighted by atomic mass is 10.2. The van der Waals surface area contributed by atoms with E-state index >= 15 is 0 Å². The van der Waals surface area contributed by atoms with Gasteiger partial charge in [-0.2, -0.15) is 0 Å². The molecule has 0 heterocycles. The van der Waals surface area contributed by atoms with Crippen molar-refractivity contribution in [2.45, 2.75) is 20.8 Å². The van der Waals surface area contributed by atoms with Crippen molar-refractivity contribution in [3.05, 3.63) is 24.3 Å². The Morgan fingerprint density at radius 3 is 2.39 bits per heavy atom. The van der Waals surface area contributed by atoms with Gasteiger partial charge in [-0.1, -0.05) is 13.8 Å². The van der Waals surface area contributed by atoms with Gasteiger partial charge in [0.2, 0.25) is 5.91 Å². The summed E-state index contributed by atoms with van der Waals surface area (Å²) in [4.78, 5) is 10.9. The Labute approximate surface area is 109 Å². The molecule has 0 aliphatic heterocycles. The average molecular weight is 250 g/mol. The molecule has 0 spiro atoms. The normalized spacial score (nSPS) is 10.4. The number of hydrogen-bond acceptors (Lipinski definition) is 3. The second-order valence-electron chi connectivity index (χ2n) is 4.65. The molecule has 4 nitrogen and oxygen atoms in total. The summed E-state index contributed by atoms with van der Waals surface area (Å²) >= 11 is 0. The zero-order valence-corrected chi connectivity index (χ0v) is 11.3. The molecule has 2 N–H and O–H groups in total. The van der Waals surface area contributed by atoms with Gasteiger partial charge in [0, 0.05) is 31.5 Å². The molecule has 1 aromatic carbocycles. The van der Waals surface area contributed by atoms with Crippen LogP contribution < -0.4 is 10.6 Å². The number of ether oxygens (including phenoxy) is 1. The predicted molar refractivity (Wildman–Crippen MR) is 74.9 cm³/mol. The van der Waals surface area contributed by atoms with Crippen molar-refractivity contribution < 1.29 is 9.53 Å². The Morgan fingerprint density at radius 2 is 1.83 bits per heavy atom. The third-order valence-electron chi connectivity index (χ3n) is 2.23. The third-order valence-corrected chi connectivity index (χ3v) is 2.23. The molecule has 18 heavy (non-hydrogen) atoms. The standard InChI is InChI=1S/C14H22N2O2/c1-11(2)10-18-9-8-15-13-4-6-14(7-5-13)16-12(3)17/h4-7,11,15H,8-10H2,1-3H3,(H,16,17). The molecule has 0 saturated heterocycles. The lowest BCUT2D eigenvalue weighted by molar-refractivity contribution is -0.114. The molecule has 0 radical (unpaired) electrons. The van der Waals surface area contributed by atoms with Crippen molar-refractivity contribution in [3.8, 4) is 0 Å². The second-order valence-corrected chi connectivity index (χ2v) is 4.65. The van der Waals surface area contributed by atoms with Crippen LogP contribution >= 0.6 is 0 Å². The largest absolute Gasteiger partial charge is 0.383 e. The molecule has 0 unspecified atom stereocenters. The Morgan fingerprint density at radius 1 is 1.22 bits per heavy atom. The fourth-order valence-electron chi connectivity index (χ4n) is 1.46. The Kier molecular flexibility index (Phi) is 6.22. The van der Waals surface area contributed by atoms with Crippen LogP contribution in [0.4, 0.5) is 11.4 Å². The fourth-order valence-corrected chi connectivity index (χ4v) is 1.46. The number of carbonyl (C=O) groups excluding carboxylic acids is 1. The van der Waals surface area contributed by atoms with Crippen LogP contribution in [0, 0.1) is 5.92 Å². The Bertz CT molecular complexity index is 361. The molecule has 0 aliphatic rings. The van der Waals surface area contributed by atoms with Crippen LogP contribution in [0.15, 0.2) is 24.3 Å². The van der Waals surface area contributed by atoms with Crippen molar-refractivity contribution in [1.82, 2.24) is 0 Å². The number of anilines is 2. The Hall–Kier alpha value is -1.55. The minimum Gasteiger partial charge on any atom is -0.383 e. The summed E-state index contributed by atoms with van der Waals surface area (Å²) in [5, 5.41) is 5.99. The van der Waals surface area contributed by atoms with Crippen LogP contribution in [0.1, 0.15) is 20.8 Å². The molecular formula is C14H22N2O2. The van der Waals surface area contributed by atoms with Gasteiger partial charge in [0.25, 0.3) is 0 Å². The van der Waals surface area contributed by atoms with E-state index in [9.17, 15) is 4.79 Å². The highest BCUT2D eigenvalue weighted by Gasteiger charge is 1.97. The number of nitrogens with one attached hydrogen (secondary N) is 2. The summed E-state index contributed by atoms with van der Waals surface area (Å²) in [5.41, 5.74) is 1.83. The van der Waals surface area contributed by atoms with Gasteiger partial charge in [-0.15, -0.1) is 0 Å². The molecule has 0 bridgehead atoms. The maximum atomic E-state index is 10.9. The monoisotopic (exact) mass is 250 g/mol. The van der Waals surface area contributed by atoms with Gasteiger partial charge >= 0.3 is 0 Å². The minimum atomic E-state index is -0.0576. The van der Waals surface area contributed by atoms with E-state index in [1.54, 1.807) is 0 Å². The lowest BCUT2D eigenvalue weighted by Crippen LogP contribution is -2.12. The van der Waals surface area contributed by atoms with Gasteiger partial charge in [0.1, 0.15) is 0 Å². The molecule has 1 aromatic rings. The maximum Gasteiger partial charge on any atom is 0.221 e. The van der Waals surface area contributed by atoms with Crippen LogP contribution in [-0.2, 0) is 9.53 Å². The molecule has 0 aromatic heterocycles. The van der Waals surface area contributed by atoms with E-state index < -0.39 is 0 Å². The van der Waals surface area contributed by atoms with Crippen molar-refractivity contribution >= 4 is 17.3 Å². The molecule has 0 fully saturated rings. The number of benzene rings is 1. The highest BCUT2D eigenvalue weighted by molar-refractivity contribution is 5.88. The number of carbonyl (C=O) groups is 1. The van der Waals surface area contributed by atoms with Crippen molar-refractivity contribution in [2.75, 3.05) is 30.4 Å². The summed E-state index contributed by atoms with van der Waals surface area (Å²) < 4.78 is 5.47. The Balaban J connectivity index is 2.24. The molecule has 1 rings (SSSR count). The molecule has 0 saturated carbocycles. The maximum absolute atomic E-state index is 10.9. The van der Waals surface area contributed by atoms with Crippen molar-refractivity contribution in [1.29, 1.82) is 0 Å². The van der Waals surface area contributed by atoms with E-state index in [1.165, 1.54) is 6.92 Å². The van der Waals surface area contributed by atoms with E-state index in [-0.39, 0.29) is 5.91 Å². The van der Waals surface area contributed by atoms with Gasteiger partial charge in [0.15, 0.2) is 0 Å². The highest BCUT2D eigenvalue weighted by atomic mass is 16.5. The third kappa shape index (κ3) is 6.25. The highest BCUT2D eigenvalue weighted by Crippen LogP contribution is 2.13. The fraction of sp³-hybridized carbons (Fsp3) is 0.500. The zero-order valence-electron chi connectivity index (χ0n) is 11.3. The van der Waals surface area contributed by atoms with Crippen LogP contribution in [-0.4, -0.2) is 25.7 Å². The van der Waals surface area contributed by atoms with Crippen LogP contribution in [0.3, 0.4) is 0 Å². The number of rotatable bonds is 7. The van der Waals surface area contributed by atoms with Crippen LogP contribution in [0.2, 0.25) is 0 Å². The molecule has 1 amide bonds. The zero-order chi connectivity index (χ0) is 13.4. The summed E-state index contributed by atoms with van der Waals surface area (Å²) in [7, 11) is 0. The SMILES string of the molecule is CC(=O)Nc1ccc(NCCOCC(C)C)cc1. The van der Waals surface area contributed by atoms with Gasteiger partial charge in [-0.05, 0) is 30.2 Å². The summed E-state index contributed by atoms with van der Waals surface area (Å²) in [6, 6.07) is 7.62. The number of hydrogen-bond donors (Lipinski definition) is 2. The first-order valence-electron chi connectivity index (χ1n) is 6.27. The molecule has 100 valence electrons. The van der Waals surface area contributed by atoms with Gasteiger partial charge in [0.05, 0.1) is 6.61 Å². The summed E-state index contributed by atoms with van der Waals surface area (Å²) in [5.74, 6) is 0.514. The van der Waals surface area contributed by atoms with Crippen molar-refractivity contribution in [2.24, 2.45) is 5.92 Å². The van der Waals surface area contributed by atoms with E-state index in [2.05, 4.69) is 24.5 Å². The van der Waals surface area contributed by atoms with Gasteiger partial charge in [-0.25, -0.2) is 0 Å². The van der Waals surface area contributed by atoms with Crippen molar-refractivity contribution in [3.63, 3.8) is 0 Å². The first-order valence-corrected chi connectivity index (χ1v) is 6.27. The molecule has 4 heteroatoms. The van der Waals surface area contributed by atoms with E-state index in [1.807, 2.05) is 24.3 Å². The second kappa shape index (κ2) is 7.71. The van der Waals surface area contributed by atoms with Crippen LogP contribution in [0.5, 0.6) is 0 Å². The lowest BCUT2D eigenvalue weighted by Gasteiger charge is -2.09. The number of amides is 1. The predicted octanol–water partition coefficient (Wildman–Crippen LogP) is 2.73. The summed E-state index contributed by atoms with van der Waals surface area (Å²) in [6.45, 7) is 8.04.